The van der Waals surface area contributed by atoms with E-state index in [9.17, 15) is 13.6 Å². The van der Waals surface area contributed by atoms with Crippen molar-refractivity contribution in [3.63, 3.8) is 0 Å². The highest BCUT2D eigenvalue weighted by Crippen LogP contribution is 2.24. The summed E-state index contributed by atoms with van der Waals surface area (Å²) in [5.41, 5.74) is 0. The minimum atomic E-state index is -3.34. The highest BCUT2D eigenvalue weighted by atomic mass is 19.3. The van der Waals surface area contributed by atoms with E-state index in [0.29, 0.717) is 0 Å². The summed E-state index contributed by atoms with van der Waals surface area (Å²) in [7, 11) is 0. The van der Waals surface area contributed by atoms with Gasteiger partial charge in [0.2, 0.25) is 0 Å². The first-order valence-electron chi connectivity index (χ1n) is 3.30. The molecule has 11 heavy (non-hydrogen) atoms. The molecule has 0 aromatic heterocycles. The van der Waals surface area contributed by atoms with Crippen LogP contribution in [0.3, 0.4) is 0 Å². The Morgan fingerprint density at radius 3 is 2.91 bits per heavy atom. The zero-order chi connectivity index (χ0) is 8.48. The van der Waals surface area contributed by atoms with Gasteiger partial charge in [-0.05, 0) is 6.42 Å². The predicted octanol–water partition coefficient (Wildman–Crippen LogP) is 0.558. The Bertz CT molecular complexity index is 203. The molecule has 1 N–H and O–H groups in total. The van der Waals surface area contributed by atoms with Crippen molar-refractivity contribution >= 4 is 12.2 Å². The molecule has 1 rings (SSSR count). The van der Waals surface area contributed by atoms with E-state index in [0.717, 1.165) is 6.34 Å². The molecular weight excluding hydrogens is 154 g/mol. The van der Waals surface area contributed by atoms with E-state index >= 15 is 0 Å². The average Bonchev–Trinajstić information content (AvgIpc) is 1.95. The first-order chi connectivity index (χ1) is 5.09. The lowest BCUT2D eigenvalue weighted by atomic mass is 10.1. The molecular formula is C6H8F2N2O. The number of hydrogen-bond donors (Lipinski definition) is 1. The summed E-state index contributed by atoms with van der Waals surface area (Å²) in [6.07, 6.45) is 1.22. The molecule has 1 aliphatic rings. The number of amides is 1. The van der Waals surface area contributed by atoms with Crippen LogP contribution < -0.4 is 5.32 Å². The molecule has 0 saturated heterocycles. The van der Waals surface area contributed by atoms with Gasteiger partial charge in [0.25, 0.3) is 0 Å². The molecule has 0 radical (unpaired) electrons. The Morgan fingerprint density at radius 2 is 2.45 bits per heavy atom. The van der Waals surface area contributed by atoms with Gasteiger partial charge in [0.15, 0.2) is 0 Å². The molecule has 0 fully saturated rings. The number of nitrogens with one attached hydrogen (secondary N) is 1. The summed E-state index contributed by atoms with van der Waals surface area (Å²) in [4.78, 5) is 13.5. The minimum absolute atomic E-state index is 0.199. The van der Waals surface area contributed by atoms with Crippen molar-refractivity contribution in [2.45, 2.75) is 25.3 Å². The number of hydrogen-bond acceptors (Lipinski definition) is 2. The van der Waals surface area contributed by atoms with Gasteiger partial charge in [-0.15, -0.1) is 0 Å². The Kier molecular flexibility index (Phi) is 1.89. The maximum absolute atomic E-state index is 12.7. The van der Waals surface area contributed by atoms with Crippen LogP contribution in [0, 0.1) is 0 Å². The first-order valence-corrected chi connectivity index (χ1v) is 3.30. The van der Waals surface area contributed by atoms with Gasteiger partial charge in [-0.25, -0.2) is 0 Å². The molecule has 1 unspecified atom stereocenters. The van der Waals surface area contributed by atoms with Gasteiger partial charge in [0.05, 0.1) is 6.34 Å². The molecule has 5 heteroatoms. The summed E-state index contributed by atoms with van der Waals surface area (Å²) in [6.45, 7) is 1.58. The number of carbonyl (C=O) groups is 1. The van der Waals surface area contributed by atoms with Gasteiger partial charge in [-0.3, -0.25) is 4.79 Å². The van der Waals surface area contributed by atoms with Crippen LogP contribution in [0.25, 0.3) is 0 Å². The fourth-order valence-corrected chi connectivity index (χ4v) is 0.900. The predicted molar refractivity (Wildman–Crippen MR) is 35.7 cm³/mol. The molecule has 0 saturated carbocycles. The number of nitrogens with zero attached hydrogens (tertiary/aromatic N) is 1. The van der Waals surface area contributed by atoms with E-state index in [1.165, 1.54) is 0 Å². The van der Waals surface area contributed by atoms with Crippen LogP contribution >= 0.6 is 0 Å². The van der Waals surface area contributed by atoms with E-state index in [1.54, 1.807) is 6.92 Å². The lowest BCUT2D eigenvalue weighted by Crippen LogP contribution is -2.52. The van der Waals surface area contributed by atoms with E-state index in [1.807, 2.05) is 0 Å². The summed E-state index contributed by atoms with van der Waals surface area (Å²) in [5.74, 6) is -4.70. The van der Waals surface area contributed by atoms with E-state index in [2.05, 4.69) is 10.3 Å². The van der Waals surface area contributed by atoms with Crippen molar-refractivity contribution in [2.75, 3.05) is 0 Å². The average molecular weight is 162 g/mol. The highest BCUT2D eigenvalue weighted by Gasteiger charge is 2.47. The number of carbonyl (C=O) groups excluding carboxylic acids is 1. The summed E-state index contributed by atoms with van der Waals surface area (Å²) < 4.78 is 25.5. The lowest BCUT2D eigenvalue weighted by Gasteiger charge is -2.25. The largest absolute Gasteiger partial charge is 0.367 e. The second kappa shape index (κ2) is 2.56. The third kappa shape index (κ3) is 1.22. The van der Waals surface area contributed by atoms with Crippen molar-refractivity contribution in [3.05, 3.63) is 0 Å². The van der Waals surface area contributed by atoms with Crippen molar-refractivity contribution in [3.8, 4) is 0 Å². The molecule has 0 aromatic carbocycles. The van der Waals surface area contributed by atoms with Crippen molar-refractivity contribution in [1.82, 2.24) is 5.32 Å². The minimum Gasteiger partial charge on any atom is -0.367 e. The second-order valence-electron chi connectivity index (χ2n) is 2.31. The zero-order valence-electron chi connectivity index (χ0n) is 5.97. The topological polar surface area (TPSA) is 41.5 Å². The number of aliphatic imine (C=N–C) groups is 1. The maximum atomic E-state index is 12.7. The maximum Gasteiger partial charge on any atom is 0.346 e. The van der Waals surface area contributed by atoms with Crippen molar-refractivity contribution in [2.24, 2.45) is 4.99 Å². The molecule has 1 aliphatic heterocycles. The smallest absolute Gasteiger partial charge is 0.346 e. The van der Waals surface area contributed by atoms with Crippen LogP contribution in [0.5, 0.6) is 0 Å². The fourth-order valence-electron chi connectivity index (χ4n) is 0.900. The van der Waals surface area contributed by atoms with Crippen molar-refractivity contribution < 1.29 is 13.6 Å². The van der Waals surface area contributed by atoms with E-state index in [-0.39, 0.29) is 6.42 Å². The normalized spacial score (nSPS) is 28.3. The standard InChI is InChI=1S/C6H8F2N2O/c1-2-4-6(7,8)5(11)10-3-9-4/h3-4H,2H2,1H3,(H,9,10,11). The Hall–Kier alpha value is -1.00. The van der Waals surface area contributed by atoms with Crippen LogP contribution in [0.2, 0.25) is 0 Å². The fraction of sp³-hybridized carbons (Fsp3) is 0.667. The zero-order valence-corrected chi connectivity index (χ0v) is 5.97. The van der Waals surface area contributed by atoms with Gasteiger partial charge < -0.3 is 5.32 Å². The number of alkyl halides is 2. The summed E-state index contributed by atoms with van der Waals surface area (Å²) in [5, 5.41) is 2.33. The third-order valence-electron chi connectivity index (χ3n) is 1.59. The highest BCUT2D eigenvalue weighted by molar-refractivity contribution is 5.93. The van der Waals surface area contributed by atoms with Crippen LogP contribution in [0.15, 0.2) is 4.99 Å². The van der Waals surface area contributed by atoms with Crippen molar-refractivity contribution in [1.29, 1.82) is 0 Å². The van der Waals surface area contributed by atoms with Gasteiger partial charge >= 0.3 is 11.8 Å². The summed E-state index contributed by atoms with van der Waals surface area (Å²) >= 11 is 0. The Labute approximate surface area is 62.5 Å². The van der Waals surface area contributed by atoms with Crippen LogP contribution in [0.1, 0.15) is 13.3 Å². The van der Waals surface area contributed by atoms with Gasteiger partial charge in [-0.2, -0.15) is 13.8 Å². The molecule has 0 aromatic rings. The van der Waals surface area contributed by atoms with Crippen LogP contribution in [-0.2, 0) is 4.79 Å². The molecule has 62 valence electrons. The first kappa shape index (κ1) is 8.10. The Morgan fingerprint density at radius 1 is 1.82 bits per heavy atom. The SMILES string of the molecule is CCC1NC=NC(=O)C1(F)F. The van der Waals surface area contributed by atoms with E-state index < -0.39 is 17.9 Å². The second-order valence-corrected chi connectivity index (χ2v) is 2.31. The molecule has 0 aliphatic carbocycles. The molecule has 1 heterocycles. The lowest BCUT2D eigenvalue weighted by molar-refractivity contribution is -0.146. The van der Waals surface area contributed by atoms with Gasteiger partial charge in [0.1, 0.15) is 6.04 Å². The van der Waals surface area contributed by atoms with Crippen LogP contribution in [-0.4, -0.2) is 24.2 Å². The molecule has 0 bridgehead atoms. The number of rotatable bonds is 1. The van der Waals surface area contributed by atoms with E-state index in [4.69, 9.17) is 0 Å². The van der Waals surface area contributed by atoms with Gasteiger partial charge in [0, 0.05) is 0 Å². The molecule has 1 atom stereocenters. The Balaban J connectivity index is 2.86. The van der Waals surface area contributed by atoms with Crippen LogP contribution in [0.4, 0.5) is 8.78 Å². The molecule has 1 amide bonds. The summed E-state index contributed by atoms with van der Waals surface area (Å²) in [6, 6.07) is -1.10. The third-order valence-corrected chi connectivity index (χ3v) is 1.59. The molecule has 3 nitrogen and oxygen atoms in total. The van der Waals surface area contributed by atoms with Gasteiger partial charge in [-0.1, -0.05) is 6.92 Å². The quantitative estimate of drug-likeness (QED) is 0.612. The monoisotopic (exact) mass is 162 g/mol. The number of halogens is 2. The molecule has 0 spiro atoms.